The first kappa shape index (κ1) is 13.4. The number of aliphatic carboxylic acids is 1. The number of carboxylic acids is 1. The van der Waals surface area contributed by atoms with Crippen molar-refractivity contribution in [3.05, 3.63) is 0 Å². The van der Waals surface area contributed by atoms with Crippen LogP contribution in [-0.2, 0) is 9.53 Å². The molecule has 94 valence electrons. The number of nitrogens with zero attached hydrogens (tertiary/aromatic N) is 1. The number of carbonyl (C=O) groups is 1. The van der Waals surface area contributed by atoms with Crippen molar-refractivity contribution in [3.63, 3.8) is 0 Å². The maximum Gasteiger partial charge on any atom is 0.308 e. The summed E-state index contributed by atoms with van der Waals surface area (Å²) in [6, 6.07) is 0. The van der Waals surface area contributed by atoms with Crippen LogP contribution in [0.1, 0.15) is 13.3 Å². The van der Waals surface area contributed by atoms with Crippen LogP contribution in [0.2, 0.25) is 0 Å². The molecule has 1 saturated heterocycles. The SMILES string of the molecule is CC(O)(O)CC(CN1CCOCC1)C(=O)O. The minimum atomic E-state index is -1.94. The molecule has 0 bridgehead atoms. The summed E-state index contributed by atoms with van der Waals surface area (Å²) in [6.45, 7) is 4.11. The van der Waals surface area contributed by atoms with E-state index in [4.69, 9.17) is 9.84 Å². The van der Waals surface area contributed by atoms with E-state index in [2.05, 4.69) is 0 Å². The molecule has 6 nitrogen and oxygen atoms in total. The fourth-order valence-electron chi connectivity index (χ4n) is 1.79. The Bertz CT molecular complexity index is 232. The van der Waals surface area contributed by atoms with Gasteiger partial charge in [0, 0.05) is 26.1 Å². The number of morpholine rings is 1. The van der Waals surface area contributed by atoms with E-state index in [1.165, 1.54) is 6.92 Å². The fraction of sp³-hybridized carbons (Fsp3) is 0.900. The molecular formula is C10H19NO5. The average Bonchev–Trinajstić information content (AvgIpc) is 2.16. The second kappa shape index (κ2) is 5.58. The molecule has 1 unspecified atom stereocenters. The summed E-state index contributed by atoms with van der Waals surface area (Å²) in [7, 11) is 0. The predicted octanol–water partition coefficient (Wildman–Crippen LogP) is -0.890. The Morgan fingerprint density at radius 2 is 2.00 bits per heavy atom. The number of hydrogen-bond donors (Lipinski definition) is 3. The first-order valence-corrected chi connectivity index (χ1v) is 5.36. The van der Waals surface area contributed by atoms with Crippen molar-refractivity contribution in [1.29, 1.82) is 0 Å². The van der Waals surface area contributed by atoms with Crippen LogP contribution in [-0.4, -0.2) is 64.8 Å². The quantitative estimate of drug-likeness (QED) is 0.534. The van der Waals surface area contributed by atoms with Crippen molar-refractivity contribution < 1.29 is 24.9 Å². The van der Waals surface area contributed by atoms with Gasteiger partial charge in [0.25, 0.3) is 0 Å². The Labute approximate surface area is 94.4 Å². The van der Waals surface area contributed by atoms with Gasteiger partial charge in [0.1, 0.15) is 0 Å². The zero-order valence-corrected chi connectivity index (χ0v) is 9.43. The Morgan fingerprint density at radius 3 is 2.44 bits per heavy atom. The lowest BCUT2D eigenvalue weighted by Crippen LogP contribution is -2.43. The maximum absolute atomic E-state index is 11.0. The molecule has 1 aliphatic heterocycles. The molecular weight excluding hydrogens is 214 g/mol. The average molecular weight is 233 g/mol. The minimum Gasteiger partial charge on any atom is -0.481 e. The Hall–Kier alpha value is -0.690. The van der Waals surface area contributed by atoms with Gasteiger partial charge in [-0.1, -0.05) is 0 Å². The van der Waals surface area contributed by atoms with Crippen molar-refractivity contribution >= 4 is 5.97 Å². The van der Waals surface area contributed by atoms with E-state index >= 15 is 0 Å². The largest absolute Gasteiger partial charge is 0.481 e. The highest BCUT2D eigenvalue weighted by Gasteiger charge is 2.29. The van der Waals surface area contributed by atoms with Gasteiger partial charge in [-0.25, -0.2) is 0 Å². The number of hydrogen-bond acceptors (Lipinski definition) is 5. The van der Waals surface area contributed by atoms with Gasteiger partial charge in [-0.3, -0.25) is 9.69 Å². The third-order valence-electron chi connectivity index (χ3n) is 2.56. The normalized spacial score (nSPS) is 20.7. The molecule has 0 aliphatic carbocycles. The molecule has 1 rings (SSSR count). The third-order valence-corrected chi connectivity index (χ3v) is 2.56. The number of aliphatic hydroxyl groups is 2. The van der Waals surface area contributed by atoms with E-state index in [0.29, 0.717) is 32.8 Å². The van der Waals surface area contributed by atoms with E-state index in [-0.39, 0.29) is 6.42 Å². The van der Waals surface area contributed by atoms with Gasteiger partial charge in [0.15, 0.2) is 5.79 Å². The summed E-state index contributed by atoms with van der Waals surface area (Å²) in [5.74, 6) is -3.70. The van der Waals surface area contributed by atoms with Crippen LogP contribution >= 0.6 is 0 Å². The van der Waals surface area contributed by atoms with Crippen molar-refractivity contribution in [1.82, 2.24) is 4.90 Å². The standard InChI is InChI=1S/C10H19NO5/c1-10(14,15)6-8(9(12)13)7-11-2-4-16-5-3-11/h8,14-15H,2-7H2,1H3,(H,12,13). The Balaban J connectivity index is 2.47. The topological polar surface area (TPSA) is 90.2 Å². The molecule has 0 aromatic rings. The third kappa shape index (κ3) is 4.89. The molecule has 1 fully saturated rings. The van der Waals surface area contributed by atoms with Crippen LogP contribution in [0.25, 0.3) is 0 Å². The second-order valence-corrected chi connectivity index (χ2v) is 4.37. The molecule has 0 radical (unpaired) electrons. The van der Waals surface area contributed by atoms with Crippen molar-refractivity contribution in [2.24, 2.45) is 5.92 Å². The highest BCUT2D eigenvalue weighted by molar-refractivity contribution is 5.70. The van der Waals surface area contributed by atoms with E-state index in [1.54, 1.807) is 0 Å². The van der Waals surface area contributed by atoms with Gasteiger partial charge in [-0.15, -0.1) is 0 Å². The zero-order valence-electron chi connectivity index (χ0n) is 9.43. The van der Waals surface area contributed by atoms with Crippen molar-refractivity contribution in [3.8, 4) is 0 Å². The smallest absolute Gasteiger partial charge is 0.308 e. The van der Waals surface area contributed by atoms with E-state index < -0.39 is 17.7 Å². The predicted molar refractivity (Wildman–Crippen MR) is 55.8 cm³/mol. The molecule has 0 spiro atoms. The van der Waals surface area contributed by atoms with Crippen LogP contribution in [0, 0.1) is 5.92 Å². The molecule has 1 aliphatic rings. The van der Waals surface area contributed by atoms with Gasteiger partial charge in [0.05, 0.1) is 19.1 Å². The zero-order chi connectivity index (χ0) is 12.2. The summed E-state index contributed by atoms with van der Waals surface area (Å²) >= 11 is 0. The van der Waals surface area contributed by atoms with Gasteiger partial charge < -0.3 is 20.1 Å². The molecule has 0 saturated carbocycles. The molecule has 3 N–H and O–H groups in total. The fourth-order valence-corrected chi connectivity index (χ4v) is 1.79. The molecule has 1 heterocycles. The van der Waals surface area contributed by atoms with Crippen LogP contribution in [0.15, 0.2) is 0 Å². The highest BCUT2D eigenvalue weighted by Crippen LogP contribution is 2.16. The highest BCUT2D eigenvalue weighted by atomic mass is 16.5. The Kier molecular flexibility index (Phi) is 4.67. The number of rotatable bonds is 5. The lowest BCUT2D eigenvalue weighted by Gasteiger charge is -2.30. The first-order valence-electron chi connectivity index (χ1n) is 5.36. The summed E-state index contributed by atoms with van der Waals surface area (Å²) < 4.78 is 5.15. The molecule has 6 heteroatoms. The lowest BCUT2D eigenvalue weighted by molar-refractivity contribution is -0.172. The molecule has 1 atom stereocenters. The van der Waals surface area contributed by atoms with Crippen molar-refractivity contribution in [2.45, 2.75) is 19.1 Å². The van der Waals surface area contributed by atoms with Crippen LogP contribution < -0.4 is 0 Å². The number of ether oxygens (including phenoxy) is 1. The van der Waals surface area contributed by atoms with Crippen molar-refractivity contribution in [2.75, 3.05) is 32.8 Å². The van der Waals surface area contributed by atoms with Gasteiger partial charge >= 0.3 is 5.97 Å². The lowest BCUT2D eigenvalue weighted by atomic mass is 9.99. The van der Waals surface area contributed by atoms with E-state index in [1.807, 2.05) is 4.90 Å². The first-order chi connectivity index (χ1) is 7.38. The van der Waals surface area contributed by atoms with Crippen LogP contribution in [0.4, 0.5) is 0 Å². The monoisotopic (exact) mass is 233 g/mol. The summed E-state index contributed by atoms with van der Waals surface area (Å²) in [5, 5.41) is 27.4. The van der Waals surface area contributed by atoms with Gasteiger partial charge in [-0.2, -0.15) is 0 Å². The minimum absolute atomic E-state index is 0.167. The van der Waals surface area contributed by atoms with Crippen LogP contribution in [0.5, 0.6) is 0 Å². The number of carboxylic acid groups (broad SMARTS) is 1. The Morgan fingerprint density at radius 1 is 1.44 bits per heavy atom. The molecule has 16 heavy (non-hydrogen) atoms. The second-order valence-electron chi connectivity index (χ2n) is 4.37. The van der Waals surface area contributed by atoms with Gasteiger partial charge in [0.2, 0.25) is 0 Å². The summed E-state index contributed by atoms with van der Waals surface area (Å²) in [5.41, 5.74) is 0. The van der Waals surface area contributed by atoms with E-state index in [9.17, 15) is 15.0 Å². The summed E-state index contributed by atoms with van der Waals surface area (Å²) in [6.07, 6.45) is -0.167. The van der Waals surface area contributed by atoms with Gasteiger partial charge in [-0.05, 0) is 6.92 Å². The molecule has 0 amide bonds. The summed E-state index contributed by atoms with van der Waals surface area (Å²) in [4.78, 5) is 12.9. The molecule has 0 aromatic carbocycles. The van der Waals surface area contributed by atoms with E-state index in [0.717, 1.165) is 0 Å². The molecule has 0 aromatic heterocycles. The maximum atomic E-state index is 11.0. The van der Waals surface area contributed by atoms with Crippen LogP contribution in [0.3, 0.4) is 0 Å².